The van der Waals surface area contributed by atoms with Crippen LogP contribution >= 0.6 is 43.2 Å². The number of thiophene rings is 1. The van der Waals surface area contributed by atoms with E-state index >= 15 is 0 Å². The van der Waals surface area contributed by atoms with Gasteiger partial charge in [-0.05, 0) is 64.7 Å². The van der Waals surface area contributed by atoms with Gasteiger partial charge >= 0.3 is 0 Å². The van der Waals surface area contributed by atoms with Gasteiger partial charge in [-0.25, -0.2) is 5.48 Å². The van der Waals surface area contributed by atoms with Gasteiger partial charge in [-0.1, -0.05) is 34.5 Å². The lowest BCUT2D eigenvalue weighted by molar-refractivity contribution is -0.129. The van der Waals surface area contributed by atoms with Crippen molar-refractivity contribution in [1.29, 1.82) is 0 Å². The third-order valence-corrected chi connectivity index (χ3v) is 5.87. The highest BCUT2D eigenvalue weighted by atomic mass is 79.9. The van der Waals surface area contributed by atoms with Crippen LogP contribution in [0.1, 0.15) is 36.1 Å². The van der Waals surface area contributed by atoms with Crippen LogP contribution in [0.4, 0.5) is 0 Å². The molecule has 8 heteroatoms. The van der Waals surface area contributed by atoms with Gasteiger partial charge in [0.25, 0.3) is 5.91 Å². The molecule has 0 saturated heterocycles. The van der Waals surface area contributed by atoms with Gasteiger partial charge in [-0.15, -0.1) is 11.3 Å². The van der Waals surface area contributed by atoms with Gasteiger partial charge in [0, 0.05) is 27.9 Å². The Bertz CT molecular complexity index is 804. The van der Waals surface area contributed by atoms with Crippen molar-refractivity contribution in [3.8, 4) is 0 Å². The topological polar surface area (TPSA) is 78.4 Å². The van der Waals surface area contributed by atoms with Gasteiger partial charge in [0.2, 0.25) is 5.91 Å². The summed E-state index contributed by atoms with van der Waals surface area (Å²) in [4.78, 5) is 24.7. The van der Waals surface area contributed by atoms with E-state index in [4.69, 9.17) is 5.21 Å². The molecule has 0 unspecified atom stereocenters. The molecule has 0 atom stereocenters. The largest absolute Gasteiger partial charge is 0.352 e. The van der Waals surface area contributed by atoms with E-state index < -0.39 is 0 Å². The predicted molar refractivity (Wildman–Crippen MR) is 115 cm³/mol. The first-order valence-corrected chi connectivity index (χ1v) is 10.8. The van der Waals surface area contributed by atoms with E-state index in [9.17, 15) is 9.59 Å². The van der Waals surface area contributed by atoms with Crippen molar-refractivity contribution in [2.45, 2.75) is 25.7 Å². The van der Waals surface area contributed by atoms with Crippen LogP contribution in [-0.2, 0) is 9.59 Å². The summed E-state index contributed by atoms with van der Waals surface area (Å²) in [5.74, 6) is -0.517. The average Bonchev–Trinajstić information content (AvgIpc) is 3.08. The molecule has 0 aliphatic rings. The molecule has 0 spiro atoms. The quantitative estimate of drug-likeness (QED) is 0.190. The molecule has 2 amide bonds. The second-order valence-electron chi connectivity index (χ2n) is 5.81. The van der Waals surface area contributed by atoms with E-state index in [1.807, 2.05) is 42.5 Å². The Morgan fingerprint density at radius 1 is 1.04 bits per heavy atom. The molecule has 3 N–H and O–H groups in total. The Morgan fingerprint density at radius 3 is 2.41 bits per heavy atom. The third-order valence-electron chi connectivity index (χ3n) is 3.77. The Hall–Kier alpha value is -1.48. The first kappa shape index (κ1) is 21.8. The van der Waals surface area contributed by atoms with Crippen molar-refractivity contribution in [2.24, 2.45) is 0 Å². The van der Waals surface area contributed by atoms with Gasteiger partial charge in [0.15, 0.2) is 0 Å². The summed E-state index contributed by atoms with van der Waals surface area (Å²) in [5.41, 5.74) is 3.07. The Labute approximate surface area is 179 Å². The van der Waals surface area contributed by atoms with Crippen LogP contribution in [0.25, 0.3) is 11.6 Å². The monoisotopic (exact) mass is 514 g/mol. The lowest BCUT2D eigenvalue weighted by atomic mass is 10.0. The lowest BCUT2D eigenvalue weighted by Gasteiger charge is -2.10. The fourth-order valence-electron chi connectivity index (χ4n) is 2.40. The summed E-state index contributed by atoms with van der Waals surface area (Å²) in [6.07, 6.45) is 4.40. The number of carbonyl (C=O) groups is 2. The Balaban J connectivity index is 1.98. The second kappa shape index (κ2) is 11.4. The van der Waals surface area contributed by atoms with Crippen molar-refractivity contribution in [2.75, 3.05) is 6.54 Å². The zero-order chi connectivity index (χ0) is 19.6. The van der Waals surface area contributed by atoms with Crippen LogP contribution < -0.4 is 10.8 Å². The van der Waals surface area contributed by atoms with Crippen molar-refractivity contribution < 1.29 is 14.8 Å². The number of hydrogen-bond donors (Lipinski definition) is 3. The van der Waals surface area contributed by atoms with Gasteiger partial charge in [0.1, 0.15) is 0 Å². The number of amides is 2. The van der Waals surface area contributed by atoms with E-state index in [0.29, 0.717) is 18.5 Å². The van der Waals surface area contributed by atoms with Crippen molar-refractivity contribution >= 4 is 66.7 Å². The minimum absolute atomic E-state index is 0.130. The van der Waals surface area contributed by atoms with Gasteiger partial charge < -0.3 is 5.32 Å². The van der Waals surface area contributed by atoms with E-state index in [-0.39, 0.29) is 18.2 Å². The standard InChI is InChI=1S/C19H20Br2N2O3S/c20-14-7-5-13(6-8-14)16(12-15-9-10-17(21)27-15)19(25)22-11-3-1-2-4-18(24)23-26/h5-10,12,26H,1-4,11H2,(H,22,25)(H,23,24). The minimum atomic E-state index is -0.387. The highest BCUT2D eigenvalue weighted by molar-refractivity contribution is 9.11. The van der Waals surface area contributed by atoms with Crippen LogP contribution in [0, 0.1) is 0 Å². The fourth-order valence-corrected chi connectivity index (χ4v) is 4.03. The molecule has 2 aromatic rings. The summed E-state index contributed by atoms with van der Waals surface area (Å²) < 4.78 is 1.97. The van der Waals surface area contributed by atoms with Crippen molar-refractivity contribution in [1.82, 2.24) is 10.8 Å². The van der Waals surface area contributed by atoms with Gasteiger partial charge in [0.05, 0.1) is 3.79 Å². The van der Waals surface area contributed by atoms with Crippen LogP contribution in [0.3, 0.4) is 0 Å². The third kappa shape index (κ3) is 7.57. The van der Waals surface area contributed by atoms with Gasteiger partial charge in [-0.3, -0.25) is 14.8 Å². The highest BCUT2D eigenvalue weighted by Gasteiger charge is 2.12. The van der Waals surface area contributed by atoms with Gasteiger partial charge in [-0.2, -0.15) is 0 Å². The molecule has 5 nitrogen and oxygen atoms in total. The number of rotatable bonds is 9. The fraction of sp³-hybridized carbons (Fsp3) is 0.263. The lowest BCUT2D eigenvalue weighted by Crippen LogP contribution is -2.25. The maximum atomic E-state index is 12.7. The molecular formula is C19H20Br2N2O3S. The summed E-state index contributed by atoms with van der Waals surface area (Å²) in [6, 6.07) is 11.6. The average molecular weight is 516 g/mol. The van der Waals surface area contributed by atoms with E-state index in [1.54, 1.807) is 16.8 Å². The van der Waals surface area contributed by atoms with E-state index in [2.05, 4.69) is 37.2 Å². The SMILES string of the molecule is O=C(CCCCCNC(=O)C(=Cc1ccc(Br)s1)c1ccc(Br)cc1)NO. The molecule has 0 bridgehead atoms. The molecule has 1 aromatic heterocycles. The first-order valence-electron chi connectivity index (χ1n) is 8.43. The zero-order valence-corrected chi connectivity index (χ0v) is 18.5. The number of unbranched alkanes of at least 4 members (excludes halogenated alkanes) is 2. The number of carbonyl (C=O) groups excluding carboxylic acids is 2. The number of benzene rings is 1. The van der Waals surface area contributed by atoms with Crippen molar-refractivity contribution in [3.05, 3.63) is 55.1 Å². The van der Waals surface area contributed by atoms with Crippen LogP contribution in [0.2, 0.25) is 0 Å². The van der Waals surface area contributed by atoms with Crippen molar-refractivity contribution in [3.63, 3.8) is 0 Å². The van der Waals surface area contributed by atoms with Crippen LogP contribution in [0.5, 0.6) is 0 Å². The molecule has 0 radical (unpaired) electrons. The summed E-state index contributed by atoms with van der Waals surface area (Å²) in [6.45, 7) is 0.529. The minimum Gasteiger partial charge on any atom is -0.352 e. The van der Waals surface area contributed by atoms with E-state index in [0.717, 1.165) is 31.5 Å². The summed E-state index contributed by atoms with van der Waals surface area (Å²) in [5, 5.41) is 11.4. The molecule has 27 heavy (non-hydrogen) atoms. The molecule has 2 rings (SSSR count). The molecule has 0 saturated carbocycles. The number of hydroxylamine groups is 1. The molecule has 0 aliphatic heterocycles. The zero-order valence-electron chi connectivity index (χ0n) is 14.5. The predicted octanol–water partition coefficient (Wildman–Crippen LogP) is 5.00. The molecule has 0 aliphatic carbocycles. The molecule has 1 heterocycles. The molecule has 144 valence electrons. The second-order valence-corrected chi connectivity index (χ2v) is 9.22. The highest BCUT2D eigenvalue weighted by Crippen LogP contribution is 2.27. The smallest absolute Gasteiger partial charge is 0.251 e. The Kier molecular flexibility index (Phi) is 9.20. The Morgan fingerprint density at radius 2 is 1.78 bits per heavy atom. The molecular weight excluding hydrogens is 496 g/mol. The van der Waals surface area contributed by atoms with E-state index in [1.165, 1.54) is 0 Å². The van der Waals surface area contributed by atoms with Crippen LogP contribution in [-0.4, -0.2) is 23.6 Å². The molecule has 1 aromatic carbocycles. The number of halogens is 2. The summed E-state index contributed by atoms with van der Waals surface area (Å²) >= 11 is 8.42. The molecule has 0 fully saturated rings. The summed E-state index contributed by atoms with van der Waals surface area (Å²) in [7, 11) is 0. The number of nitrogens with one attached hydrogen (secondary N) is 2. The number of hydrogen-bond acceptors (Lipinski definition) is 4. The maximum absolute atomic E-state index is 12.7. The first-order chi connectivity index (χ1) is 13.0. The normalized spacial score (nSPS) is 11.3. The van der Waals surface area contributed by atoms with Crippen LogP contribution in [0.15, 0.2) is 44.7 Å². The maximum Gasteiger partial charge on any atom is 0.251 e.